The van der Waals surface area contributed by atoms with Crippen LogP contribution in [-0.4, -0.2) is 34.8 Å². The molecule has 1 aromatic rings. The summed E-state index contributed by atoms with van der Waals surface area (Å²) in [6, 6.07) is 7.74. The van der Waals surface area contributed by atoms with Gasteiger partial charge in [-0.15, -0.1) is 0 Å². The van der Waals surface area contributed by atoms with E-state index in [0.29, 0.717) is 0 Å². The monoisotopic (exact) mass is 263 g/mol. The van der Waals surface area contributed by atoms with Gasteiger partial charge < -0.3 is 14.7 Å². The zero-order chi connectivity index (χ0) is 14.3. The highest BCUT2D eigenvalue weighted by Gasteiger charge is 2.46. The number of hydrogen-bond donors (Lipinski definition) is 1. The van der Waals surface area contributed by atoms with Gasteiger partial charge >= 0.3 is 6.09 Å². The van der Waals surface area contributed by atoms with E-state index in [1.54, 1.807) is 0 Å². The van der Waals surface area contributed by atoms with Crippen molar-refractivity contribution in [1.82, 2.24) is 4.90 Å². The first kappa shape index (κ1) is 13.9. The fourth-order valence-corrected chi connectivity index (χ4v) is 2.16. The van der Waals surface area contributed by atoms with Crippen molar-refractivity contribution in [3.8, 4) is 0 Å². The molecule has 0 aliphatic carbocycles. The van der Waals surface area contributed by atoms with Gasteiger partial charge in [-0.2, -0.15) is 0 Å². The summed E-state index contributed by atoms with van der Waals surface area (Å²) in [5.41, 5.74) is 0.505. The van der Waals surface area contributed by atoms with E-state index in [9.17, 15) is 9.90 Å². The van der Waals surface area contributed by atoms with Crippen LogP contribution in [0.1, 0.15) is 31.9 Å². The Morgan fingerprint density at radius 1 is 1.37 bits per heavy atom. The number of nitrogens with zero attached hydrogens (tertiary/aromatic N) is 1. The van der Waals surface area contributed by atoms with Gasteiger partial charge in [-0.3, -0.25) is 0 Å². The molecule has 1 saturated heterocycles. The van der Waals surface area contributed by atoms with Crippen molar-refractivity contribution < 1.29 is 14.6 Å². The van der Waals surface area contributed by atoms with E-state index in [4.69, 9.17) is 4.74 Å². The van der Waals surface area contributed by atoms with E-state index < -0.39 is 11.2 Å². The number of ether oxygens (including phenoxy) is 1. The minimum atomic E-state index is -0.942. The van der Waals surface area contributed by atoms with Crippen LogP contribution >= 0.6 is 0 Å². The van der Waals surface area contributed by atoms with E-state index in [1.807, 2.05) is 52.0 Å². The summed E-state index contributed by atoms with van der Waals surface area (Å²) in [6.07, 6.45) is -0.371. The number of benzene rings is 1. The first-order valence-electron chi connectivity index (χ1n) is 6.47. The molecular weight excluding hydrogens is 242 g/mol. The molecule has 1 aliphatic heterocycles. The summed E-state index contributed by atoms with van der Waals surface area (Å²) < 4.78 is 5.27. The number of aryl methyl sites for hydroxylation is 1. The Kier molecular flexibility index (Phi) is 3.31. The van der Waals surface area contributed by atoms with Gasteiger partial charge in [0.05, 0.1) is 13.1 Å². The molecule has 0 aromatic heterocycles. The number of β-amino-alcohol motifs (C(OH)–C–C–N with tert-alkyl or cyclic N) is 1. The number of carbonyl (C=O) groups excluding carboxylic acids is 1. The van der Waals surface area contributed by atoms with E-state index >= 15 is 0 Å². The van der Waals surface area contributed by atoms with Crippen molar-refractivity contribution in [2.45, 2.75) is 38.9 Å². The molecule has 0 spiro atoms. The maximum atomic E-state index is 11.8. The Bertz CT molecular complexity index is 484. The van der Waals surface area contributed by atoms with Crippen LogP contribution in [-0.2, 0) is 10.3 Å². The van der Waals surface area contributed by atoms with Gasteiger partial charge in [0.1, 0.15) is 11.2 Å². The van der Waals surface area contributed by atoms with Gasteiger partial charge in [-0.25, -0.2) is 4.79 Å². The fraction of sp³-hybridized carbons (Fsp3) is 0.533. The zero-order valence-corrected chi connectivity index (χ0v) is 11.9. The van der Waals surface area contributed by atoms with Crippen LogP contribution in [0.5, 0.6) is 0 Å². The van der Waals surface area contributed by atoms with Gasteiger partial charge in [-0.1, -0.05) is 29.8 Å². The lowest BCUT2D eigenvalue weighted by atomic mass is 9.86. The minimum Gasteiger partial charge on any atom is -0.444 e. The third kappa shape index (κ3) is 3.07. The predicted molar refractivity (Wildman–Crippen MR) is 72.9 cm³/mol. The summed E-state index contributed by atoms with van der Waals surface area (Å²) in [5.74, 6) is 0. The third-order valence-corrected chi connectivity index (χ3v) is 3.11. The average Bonchev–Trinajstić information content (AvgIpc) is 2.22. The van der Waals surface area contributed by atoms with Crippen LogP contribution in [0.3, 0.4) is 0 Å². The summed E-state index contributed by atoms with van der Waals surface area (Å²) in [5, 5.41) is 10.5. The molecule has 1 amide bonds. The molecule has 1 N–H and O–H groups in total. The number of amides is 1. The Hall–Kier alpha value is -1.55. The second kappa shape index (κ2) is 4.53. The maximum absolute atomic E-state index is 11.8. The van der Waals surface area contributed by atoms with Crippen molar-refractivity contribution in [1.29, 1.82) is 0 Å². The van der Waals surface area contributed by atoms with E-state index in [1.165, 1.54) is 4.90 Å². The SMILES string of the molecule is Cc1cccc(C2(O)CN(C(=O)OC(C)(C)C)C2)c1. The number of rotatable bonds is 1. The highest BCUT2D eigenvalue weighted by atomic mass is 16.6. The Morgan fingerprint density at radius 3 is 2.53 bits per heavy atom. The summed E-state index contributed by atoms with van der Waals surface area (Å²) in [6.45, 7) is 8.04. The molecule has 1 heterocycles. The lowest BCUT2D eigenvalue weighted by molar-refractivity contribution is -0.103. The van der Waals surface area contributed by atoms with Crippen molar-refractivity contribution in [2.75, 3.05) is 13.1 Å². The van der Waals surface area contributed by atoms with Gasteiger partial charge in [0.25, 0.3) is 0 Å². The highest BCUT2D eigenvalue weighted by Crippen LogP contribution is 2.33. The largest absolute Gasteiger partial charge is 0.444 e. The first-order valence-corrected chi connectivity index (χ1v) is 6.47. The van der Waals surface area contributed by atoms with Crippen LogP contribution in [0, 0.1) is 6.92 Å². The zero-order valence-electron chi connectivity index (χ0n) is 11.9. The number of likely N-dealkylation sites (tertiary alicyclic amines) is 1. The van der Waals surface area contributed by atoms with Gasteiger partial charge in [0.15, 0.2) is 0 Å². The highest BCUT2D eigenvalue weighted by molar-refractivity contribution is 5.70. The van der Waals surface area contributed by atoms with E-state index in [2.05, 4.69) is 0 Å². The van der Waals surface area contributed by atoms with Gasteiger partial charge in [-0.05, 0) is 33.3 Å². The predicted octanol–water partition coefficient (Wildman–Crippen LogP) is 2.43. The molecule has 0 unspecified atom stereocenters. The summed E-state index contributed by atoms with van der Waals surface area (Å²) >= 11 is 0. The van der Waals surface area contributed by atoms with Crippen LogP contribution < -0.4 is 0 Å². The Morgan fingerprint density at radius 2 is 2.00 bits per heavy atom. The normalized spacial score (nSPS) is 17.8. The summed E-state index contributed by atoms with van der Waals surface area (Å²) in [4.78, 5) is 13.3. The number of aliphatic hydroxyl groups is 1. The van der Waals surface area contributed by atoms with Crippen LogP contribution in [0.15, 0.2) is 24.3 Å². The molecule has 19 heavy (non-hydrogen) atoms. The molecule has 0 bridgehead atoms. The second-order valence-corrected chi connectivity index (χ2v) is 6.24. The van der Waals surface area contributed by atoms with Gasteiger partial charge in [0, 0.05) is 0 Å². The van der Waals surface area contributed by atoms with Crippen molar-refractivity contribution in [3.05, 3.63) is 35.4 Å². The van der Waals surface area contributed by atoms with Crippen LogP contribution in [0.2, 0.25) is 0 Å². The lowest BCUT2D eigenvalue weighted by Gasteiger charge is -2.46. The fourth-order valence-electron chi connectivity index (χ4n) is 2.16. The molecule has 0 saturated carbocycles. The molecule has 1 aliphatic rings. The van der Waals surface area contributed by atoms with Crippen molar-refractivity contribution >= 4 is 6.09 Å². The quantitative estimate of drug-likeness (QED) is 0.846. The Labute approximate surface area is 114 Å². The van der Waals surface area contributed by atoms with Crippen molar-refractivity contribution in [2.24, 2.45) is 0 Å². The van der Waals surface area contributed by atoms with Crippen molar-refractivity contribution in [3.63, 3.8) is 0 Å². The number of hydrogen-bond acceptors (Lipinski definition) is 3. The topological polar surface area (TPSA) is 49.8 Å². The van der Waals surface area contributed by atoms with Gasteiger partial charge in [0.2, 0.25) is 0 Å². The molecule has 4 heteroatoms. The van der Waals surface area contributed by atoms with E-state index in [0.717, 1.165) is 11.1 Å². The number of carbonyl (C=O) groups is 1. The second-order valence-electron chi connectivity index (χ2n) is 6.24. The Balaban J connectivity index is 2.00. The molecule has 1 aromatic carbocycles. The minimum absolute atomic E-state index is 0.283. The van der Waals surface area contributed by atoms with E-state index in [-0.39, 0.29) is 19.2 Å². The lowest BCUT2D eigenvalue weighted by Crippen LogP contribution is -2.61. The molecule has 0 radical (unpaired) electrons. The molecule has 2 rings (SSSR count). The smallest absolute Gasteiger partial charge is 0.410 e. The maximum Gasteiger partial charge on any atom is 0.410 e. The molecule has 0 atom stereocenters. The molecule has 1 fully saturated rings. The van der Waals surface area contributed by atoms with Crippen LogP contribution in [0.4, 0.5) is 4.79 Å². The third-order valence-electron chi connectivity index (χ3n) is 3.11. The standard InChI is InChI=1S/C15H21NO3/c1-11-6-5-7-12(8-11)15(18)9-16(10-15)13(17)19-14(2,3)4/h5-8,18H,9-10H2,1-4H3. The average molecular weight is 263 g/mol. The molecular formula is C15H21NO3. The molecule has 4 nitrogen and oxygen atoms in total. The molecule has 104 valence electrons. The summed E-state index contributed by atoms with van der Waals surface area (Å²) in [7, 11) is 0. The first-order chi connectivity index (χ1) is 8.70. The van der Waals surface area contributed by atoms with Crippen LogP contribution in [0.25, 0.3) is 0 Å².